The minimum absolute atomic E-state index is 0.0388. The molecule has 1 aromatic heterocycles. The monoisotopic (exact) mass is 305 g/mol. The average Bonchev–Trinajstić information content (AvgIpc) is 2.97. The first-order valence-corrected chi connectivity index (χ1v) is 7.71. The van der Waals surface area contributed by atoms with Crippen LogP contribution in [0.15, 0.2) is 24.5 Å². The van der Waals surface area contributed by atoms with Gasteiger partial charge in [-0.1, -0.05) is 0 Å². The standard InChI is InChI=1S/C16H23N3O3/c1-13(19-10-2-4-15(19)21)16(22)18(9-3-11-20)12-14-5-7-17-8-6-14/h5-8,13,20H,2-4,9-12H2,1H3/t13-/m1/s1. The summed E-state index contributed by atoms with van der Waals surface area (Å²) >= 11 is 0. The summed E-state index contributed by atoms with van der Waals surface area (Å²) in [4.78, 5) is 31.9. The van der Waals surface area contributed by atoms with E-state index < -0.39 is 6.04 Å². The average molecular weight is 305 g/mol. The van der Waals surface area contributed by atoms with Crippen molar-refractivity contribution in [1.29, 1.82) is 0 Å². The predicted molar refractivity (Wildman–Crippen MR) is 81.8 cm³/mol. The van der Waals surface area contributed by atoms with Crippen LogP contribution in [0.25, 0.3) is 0 Å². The van der Waals surface area contributed by atoms with E-state index in [9.17, 15) is 9.59 Å². The van der Waals surface area contributed by atoms with Crippen LogP contribution in [0.3, 0.4) is 0 Å². The number of aliphatic hydroxyl groups excluding tert-OH is 1. The zero-order valence-electron chi connectivity index (χ0n) is 12.9. The molecular weight excluding hydrogens is 282 g/mol. The second-order valence-corrected chi connectivity index (χ2v) is 5.56. The molecule has 2 rings (SSSR count). The van der Waals surface area contributed by atoms with Crippen molar-refractivity contribution in [3.63, 3.8) is 0 Å². The Labute approximate surface area is 130 Å². The SMILES string of the molecule is C[C@H](C(=O)N(CCCO)Cc1ccncc1)N1CCCC1=O. The van der Waals surface area contributed by atoms with Crippen LogP contribution in [-0.2, 0) is 16.1 Å². The van der Waals surface area contributed by atoms with Gasteiger partial charge >= 0.3 is 0 Å². The molecule has 6 heteroatoms. The molecular formula is C16H23N3O3. The van der Waals surface area contributed by atoms with E-state index in [0.29, 0.717) is 32.5 Å². The maximum absolute atomic E-state index is 12.7. The van der Waals surface area contributed by atoms with Gasteiger partial charge in [-0.25, -0.2) is 0 Å². The van der Waals surface area contributed by atoms with Crippen LogP contribution in [0.1, 0.15) is 31.7 Å². The highest BCUT2D eigenvalue weighted by Crippen LogP contribution is 2.16. The Morgan fingerprint density at radius 3 is 2.77 bits per heavy atom. The molecule has 1 aliphatic rings. The normalized spacial score (nSPS) is 15.9. The zero-order valence-corrected chi connectivity index (χ0v) is 12.9. The first-order valence-electron chi connectivity index (χ1n) is 7.71. The van der Waals surface area contributed by atoms with Crippen LogP contribution in [-0.4, -0.2) is 57.4 Å². The minimum atomic E-state index is -0.449. The number of nitrogens with zero attached hydrogens (tertiary/aromatic N) is 3. The zero-order chi connectivity index (χ0) is 15.9. The van der Waals surface area contributed by atoms with Crippen molar-refractivity contribution < 1.29 is 14.7 Å². The minimum Gasteiger partial charge on any atom is -0.396 e. The lowest BCUT2D eigenvalue weighted by molar-refractivity contribution is -0.143. The van der Waals surface area contributed by atoms with Gasteiger partial charge < -0.3 is 14.9 Å². The van der Waals surface area contributed by atoms with E-state index >= 15 is 0 Å². The van der Waals surface area contributed by atoms with Gasteiger partial charge in [0.25, 0.3) is 0 Å². The molecule has 120 valence electrons. The Morgan fingerprint density at radius 2 is 2.18 bits per heavy atom. The lowest BCUT2D eigenvalue weighted by Gasteiger charge is -2.30. The fraction of sp³-hybridized carbons (Fsp3) is 0.562. The highest BCUT2D eigenvalue weighted by Gasteiger charge is 2.31. The summed E-state index contributed by atoms with van der Waals surface area (Å²) in [6, 6.07) is 3.28. The molecule has 1 N–H and O–H groups in total. The Morgan fingerprint density at radius 1 is 1.45 bits per heavy atom. The van der Waals surface area contributed by atoms with Gasteiger partial charge in [0.1, 0.15) is 6.04 Å². The molecule has 1 saturated heterocycles. The first-order chi connectivity index (χ1) is 10.6. The third-order valence-corrected chi connectivity index (χ3v) is 3.96. The number of carbonyl (C=O) groups is 2. The molecule has 0 radical (unpaired) electrons. The quantitative estimate of drug-likeness (QED) is 0.809. The topological polar surface area (TPSA) is 73.7 Å². The highest BCUT2D eigenvalue weighted by molar-refractivity contribution is 5.88. The summed E-state index contributed by atoms with van der Waals surface area (Å²) < 4.78 is 0. The number of amides is 2. The molecule has 0 unspecified atom stereocenters. The van der Waals surface area contributed by atoms with Crippen LogP contribution >= 0.6 is 0 Å². The molecule has 1 aliphatic heterocycles. The van der Waals surface area contributed by atoms with Crippen molar-refractivity contribution in [2.75, 3.05) is 19.7 Å². The molecule has 1 fully saturated rings. The Hall–Kier alpha value is -1.95. The van der Waals surface area contributed by atoms with E-state index in [2.05, 4.69) is 4.98 Å². The van der Waals surface area contributed by atoms with Gasteiger partial charge in [0.2, 0.25) is 11.8 Å². The summed E-state index contributed by atoms with van der Waals surface area (Å²) in [7, 11) is 0. The number of likely N-dealkylation sites (tertiary alicyclic amines) is 1. The molecule has 0 aromatic carbocycles. The predicted octanol–water partition coefficient (Wildman–Crippen LogP) is 0.803. The van der Waals surface area contributed by atoms with Crippen molar-refractivity contribution in [3.8, 4) is 0 Å². The van der Waals surface area contributed by atoms with E-state index in [4.69, 9.17) is 5.11 Å². The molecule has 0 aliphatic carbocycles. The highest BCUT2D eigenvalue weighted by atomic mass is 16.3. The van der Waals surface area contributed by atoms with Crippen molar-refractivity contribution in [2.24, 2.45) is 0 Å². The molecule has 0 saturated carbocycles. The fourth-order valence-corrected chi connectivity index (χ4v) is 2.71. The largest absolute Gasteiger partial charge is 0.396 e. The fourth-order valence-electron chi connectivity index (χ4n) is 2.71. The van der Waals surface area contributed by atoms with Gasteiger partial charge in [-0.05, 0) is 37.5 Å². The van der Waals surface area contributed by atoms with Crippen molar-refractivity contribution in [3.05, 3.63) is 30.1 Å². The smallest absolute Gasteiger partial charge is 0.245 e. The third kappa shape index (κ3) is 4.04. The van der Waals surface area contributed by atoms with Crippen molar-refractivity contribution in [1.82, 2.24) is 14.8 Å². The number of hydrogen-bond donors (Lipinski definition) is 1. The molecule has 0 bridgehead atoms. The summed E-state index contributed by atoms with van der Waals surface area (Å²) in [5.74, 6) is -0.0209. The maximum Gasteiger partial charge on any atom is 0.245 e. The number of rotatable bonds is 7. The molecule has 2 heterocycles. The summed E-state index contributed by atoms with van der Waals surface area (Å²) in [6.45, 7) is 3.41. The van der Waals surface area contributed by atoms with Crippen LogP contribution in [0.5, 0.6) is 0 Å². The van der Waals surface area contributed by atoms with Gasteiger partial charge in [0, 0.05) is 45.1 Å². The van der Waals surface area contributed by atoms with Crippen LogP contribution in [0.2, 0.25) is 0 Å². The van der Waals surface area contributed by atoms with Crippen LogP contribution in [0, 0.1) is 0 Å². The Kier molecular flexibility index (Phi) is 5.89. The maximum atomic E-state index is 12.7. The molecule has 6 nitrogen and oxygen atoms in total. The third-order valence-electron chi connectivity index (χ3n) is 3.96. The first kappa shape index (κ1) is 16.4. The van der Waals surface area contributed by atoms with Crippen LogP contribution in [0.4, 0.5) is 0 Å². The lowest BCUT2D eigenvalue weighted by atomic mass is 10.2. The van der Waals surface area contributed by atoms with Crippen LogP contribution < -0.4 is 0 Å². The molecule has 22 heavy (non-hydrogen) atoms. The van der Waals surface area contributed by atoms with E-state index in [0.717, 1.165) is 12.0 Å². The number of aromatic nitrogens is 1. The van der Waals surface area contributed by atoms with E-state index in [1.165, 1.54) is 0 Å². The van der Waals surface area contributed by atoms with E-state index in [1.807, 2.05) is 12.1 Å². The van der Waals surface area contributed by atoms with Crippen molar-refractivity contribution in [2.45, 2.75) is 38.8 Å². The second-order valence-electron chi connectivity index (χ2n) is 5.56. The van der Waals surface area contributed by atoms with E-state index in [-0.39, 0.29) is 18.4 Å². The molecule has 1 atom stereocenters. The Bertz CT molecular complexity index is 507. The molecule has 1 aromatic rings. The summed E-state index contributed by atoms with van der Waals surface area (Å²) in [5, 5.41) is 9.04. The number of aliphatic hydroxyl groups is 1. The van der Waals surface area contributed by atoms with Gasteiger partial charge in [-0.3, -0.25) is 14.6 Å². The van der Waals surface area contributed by atoms with Crippen molar-refractivity contribution >= 4 is 11.8 Å². The number of carbonyl (C=O) groups excluding carboxylic acids is 2. The number of pyridine rings is 1. The van der Waals surface area contributed by atoms with Gasteiger partial charge in [0.05, 0.1) is 0 Å². The number of hydrogen-bond acceptors (Lipinski definition) is 4. The second kappa shape index (κ2) is 7.89. The lowest BCUT2D eigenvalue weighted by Crippen LogP contribution is -2.47. The van der Waals surface area contributed by atoms with E-state index in [1.54, 1.807) is 29.1 Å². The van der Waals surface area contributed by atoms with Gasteiger partial charge in [-0.2, -0.15) is 0 Å². The van der Waals surface area contributed by atoms with Gasteiger partial charge in [0.15, 0.2) is 0 Å². The summed E-state index contributed by atoms with van der Waals surface area (Å²) in [5.41, 5.74) is 0.987. The van der Waals surface area contributed by atoms with Gasteiger partial charge in [-0.15, -0.1) is 0 Å². The molecule has 2 amide bonds. The molecule has 0 spiro atoms. The Balaban J connectivity index is 2.06. The summed E-state index contributed by atoms with van der Waals surface area (Å²) in [6.07, 6.45) is 5.25.